The number of aryl methyl sites for hydroxylation is 1. The van der Waals surface area contributed by atoms with Gasteiger partial charge in [-0.3, -0.25) is 14.4 Å². The average Bonchev–Trinajstić information content (AvgIpc) is 3.50. The Kier molecular flexibility index (Phi) is 9.21. The van der Waals surface area contributed by atoms with Gasteiger partial charge in [0.2, 0.25) is 5.88 Å². The summed E-state index contributed by atoms with van der Waals surface area (Å²) in [6, 6.07) is 7.86. The third-order valence-corrected chi connectivity index (χ3v) is 7.42. The smallest absolute Gasteiger partial charge is 0.282 e. The fraction of sp³-hybridized carbons (Fsp3) is 0.387. The average molecular weight is 625 g/mol. The first kappa shape index (κ1) is 31.7. The summed E-state index contributed by atoms with van der Waals surface area (Å²) in [5, 5.41) is 15.2. The van der Waals surface area contributed by atoms with Gasteiger partial charge in [0.25, 0.3) is 23.3 Å². The number of likely N-dealkylation sites (tertiary alicyclic amines) is 1. The second-order valence-electron chi connectivity index (χ2n) is 10.9. The van der Waals surface area contributed by atoms with Gasteiger partial charge in [0.1, 0.15) is 17.2 Å². The van der Waals surface area contributed by atoms with Crippen molar-refractivity contribution in [1.29, 1.82) is 5.26 Å². The Bertz CT molecular complexity index is 1720. The third kappa shape index (κ3) is 7.16. The molecule has 5 rings (SSSR count). The Labute approximate surface area is 256 Å². The molecule has 2 aliphatic rings. The predicted octanol–water partition coefficient (Wildman–Crippen LogP) is 3.47. The fourth-order valence-corrected chi connectivity index (χ4v) is 5.30. The maximum absolute atomic E-state index is 15.5. The Balaban J connectivity index is 1.46. The van der Waals surface area contributed by atoms with Gasteiger partial charge in [-0.15, -0.1) is 0 Å². The number of nitrogens with one attached hydrogen (secondary N) is 2. The van der Waals surface area contributed by atoms with Gasteiger partial charge in [-0.1, -0.05) is 0 Å². The van der Waals surface area contributed by atoms with Crippen LogP contribution in [0.25, 0.3) is 11.1 Å². The first-order valence-corrected chi connectivity index (χ1v) is 14.4. The summed E-state index contributed by atoms with van der Waals surface area (Å²) in [5.41, 5.74) is -0.807. The maximum atomic E-state index is 15.5. The number of aromatic nitrogens is 2. The summed E-state index contributed by atoms with van der Waals surface area (Å²) in [5.74, 6) is -5.87. The van der Waals surface area contributed by atoms with E-state index in [0.717, 1.165) is 36.5 Å². The van der Waals surface area contributed by atoms with Gasteiger partial charge in [-0.2, -0.15) is 10.2 Å². The van der Waals surface area contributed by atoms with E-state index < -0.39 is 42.2 Å². The lowest BCUT2D eigenvalue weighted by atomic mass is 9.95. The predicted molar refractivity (Wildman–Crippen MR) is 157 cm³/mol. The molecule has 2 N–H and O–H groups in total. The van der Waals surface area contributed by atoms with Crippen LogP contribution in [0.15, 0.2) is 41.3 Å². The number of nitriles is 1. The highest BCUT2D eigenvalue weighted by Crippen LogP contribution is 2.35. The molecule has 14 heteroatoms. The first-order valence-electron chi connectivity index (χ1n) is 14.4. The van der Waals surface area contributed by atoms with Crippen molar-refractivity contribution >= 4 is 17.6 Å². The lowest BCUT2D eigenvalue weighted by Gasteiger charge is -2.39. The molecule has 0 spiro atoms. The van der Waals surface area contributed by atoms with Crippen LogP contribution in [-0.4, -0.2) is 71.1 Å². The molecule has 2 aliphatic heterocycles. The van der Waals surface area contributed by atoms with Gasteiger partial charge in [0, 0.05) is 44.6 Å². The minimum absolute atomic E-state index is 0.0290. The largest absolute Gasteiger partial charge is 0.478 e. The number of benzene rings is 1. The van der Waals surface area contributed by atoms with Gasteiger partial charge in [0.05, 0.1) is 43.0 Å². The number of amides is 2. The summed E-state index contributed by atoms with van der Waals surface area (Å²) >= 11 is 0. The van der Waals surface area contributed by atoms with E-state index in [1.54, 1.807) is 19.2 Å². The Morgan fingerprint density at radius 3 is 2.64 bits per heavy atom. The van der Waals surface area contributed by atoms with Crippen LogP contribution in [0.2, 0.25) is 0 Å². The minimum Gasteiger partial charge on any atom is -0.478 e. The van der Waals surface area contributed by atoms with Crippen LogP contribution in [0.1, 0.15) is 51.6 Å². The molecule has 1 aromatic carbocycles. The van der Waals surface area contributed by atoms with E-state index >= 15 is 4.39 Å². The number of carbonyl (C=O) groups excluding carboxylic acids is 2. The number of nitrogens with zero attached hydrogens (tertiary/aromatic N) is 4. The molecule has 0 radical (unpaired) electrons. The molecule has 2 fully saturated rings. The third-order valence-electron chi connectivity index (χ3n) is 7.42. The van der Waals surface area contributed by atoms with Crippen molar-refractivity contribution in [3.05, 3.63) is 75.0 Å². The van der Waals surface area contributed by atoms with Crippen molar-refractivity contribution in [2.75, 3.05) is 38.2 Å². The van der Waals surface area contributed by atoms with Crippen molar-refractivity contribution in [2.24, 2.45) is 7.05 Å². The van der Waals surface area contributed by atoms with Crippen LogP contribution < -0.4 is 20.9 Å². The van der Waals surface area contributed by atoms with Crippen molar-refractivity contribution in [3.8, 4) is 23.1 Å². The second kappa shape index (κ2) is 13.1. The fourth-order valence-electron chi connectivity index (χ4n) is 5.30. The highest BCUT2D eigenvalue weighted by Gasteiger charge is 2.47. The summed E-state index contributed by atoms with van der Waals surface area (Å²) in [4.78, 5) is 44.6. The van der Waals surface area contributed by atoms with Gasteiger partial charge < -0.3 is 29.6 Å². The number of rotatable bonds is 10. The van der Waals surface area contributed by atoms with Crippen LogP contribution in [0.5, 0.6) is 5.88 Å². The number of carbonyl (C=O) groups is 2. The number of pyridine rings is 2. The molecule has 2 aromatic heterocycles. The van der Waals surface area contributed by atoms with Gasteiger partial charge in [-0.25, -0.2) is 13.2 Å². The molecule has 0 bridgehead atoms. The van der Waals surface area contributed by atoms with E-state index in [2.05, 4.69) is 15.6 Å². The van der Waals surface area contributed by atoms with Crippen LogP contribution in [0, 0.1) is 17.1 Å². The molecule has 0 unspecified atom stereocenters. The number of hydrogen-bond acceptors (Lipinski definition) is 8. The van der Waals surface area contributed by atoms with Gasteiger partial charge >= 0.3 is 0 Å². The Hall–Kier alpha value is -4.74. The number of hydrogen-bond donors (Lipinski definition) is 2. The molecule has 2 amide bonds. The molecule has 0 aliphatic carbocycles. The number of halogens is 3. The van der Waals surface area contributed by atoms with Crippen molar-refractivity contribution in [1.82, 2.24) is 19.8 Å². The first-order chi connectivity index (χ1) is 21.5. The van der Waals surface area contributed by atoms with E-state index in [9.17, 15) is 28.4 Å². The molecular formula is C31H31F3N6O5. The zero-order valence-electron chi connectivity index (χ0n) is 24.7. The van der Waals surface area contributed by atoms with Gasteiger partial charge in [-0.05, 0) is 55.2 Å². The zero-order chi connectivity index (χ0) is 32.3. The number of alkyl halides is 2. The van der Waals surface area contributed by atoms with Crippen molar-refractivity contribution in [2.45, 2.75) is 38.3 Å². The molecule has 3 aromatic rings. The number of anilines is 1. The standard InChI is InChI=1S/C31H31F3N6O5/c1-3-44-26-11-20(27-22(7-18(12-35)9-24(27)32)30(43)40-16-31(33,34)17-40)10-25(37-26)38-28(41)23-8-19(15-39(2)29(23)42)13-36-14-21-5-4-6-45-21/h7-11,15,21,36H,3-6,13-14,16-17H2,1-2H3,(H,37,38,41)/t21-/m0/s1. The molecule has 1 atom stereocenters. The SMILES string of the molecule is CCOc1cc(-c2c(F)cc(C#N)cc2C(=O)N2CC(F)(F)C2)cc(NC(=O)c2cc(CNC[C@@H]3CCCO3)cn(C)c2=O)n1. The van der Waals surface area contributed by atoms with E-state index in [4.69, 9.17) is 9.47 Å². The van der Waals surface area contributed by atoms with E-state index in [1.807, 2.05) is 0 Å². The summed E-state index contributed by atoms with van der Waals surface area (Å²) < 4.78 is 55.0. The lowest BCUT2D eigenvalue weighted by Crippen LogP contribution is -2.58. The monoisotopic (exact) mass is 624 g/mol. The highest BCUT2D eigenvalue weighted by molar-refractivity contribution is 6.05. The molecule has 11 nitrogen and oxygen atoms in total. The Morgan fingerprint density at radius 1 is 1.20 bits per heavy atom. The van der Waals surface area contributed by atoms with Crippen LogP contribution in [-0.2, 0) is 18.3 Å². The molecule has 236 valence electrons. The Morgan fingerprint density at radius 2 is 1.98 bits per heavy atom. The van der Waals surface area contributed by atoms with Crippen LogP contribution >= 0.6 is 0 Å². The van der Waals surface area contributed by atoms with E-state index in [-0.39, 0.29) is 52.2 Å². The second-order valence-corrected chi connectivity index (χ2v) is 10.9. The highest BCUT2D eigenvalue weighted by atomic mass is 19.3. The van der Waals surface area contributed by atoms with Crippen molar-refractivity contribution < 1.29 is 32.2 Å². The molecule has 4 heterocycles. The summed E-state index contributed by atoms with van der Waals surface area (Å²) in [6.45, 7) is 1.87. The quantitative estimate of drug-likeness (QED) is 0.350. The van der Waals surface area contributed by atoms with Crippen LogP contribution in [0.3, 0.4) is 0 Å². The molecule has 45 heavy (non-hydrogen) atoms. The maximum Gasteiger partial charge on any atom is 0.282 e. The summed E-state index contributed by atoms with van der Waals surface area (Å²) in [6.07, 6.45) is 3.69. The van der Waals surface area contributed by atoms with Gasteiger partial charge in [0.15, 0.2) is 0 Å². The lowest BCUT2D eigenvalue weighted by molar-refractivity contribution is -0.113. The summed E-state index contributed by atoms with van der Waals surface area (Å²) in [7, 11) is 1.52. The zero-order valence-corrected chi connectivity index (χ0v) is 24.7. The van der Waals surface area contributed by atoms with Crippen molar-refractivity contribution in [3.63, 3.8) is 0 Å². The van der Waals surface area contributed by atoms with E-state index in [0.29, 0.717) is 18.7 Å². The normalized spacial score (nSPS) is 17.0. The molecule has 2 saturated heterocycles. The molecular weight excluding hydrogens is 593 g/mol. The van der Waals surface area contributed by atoms with E-state index in [1.165, 1.54) is 29.8 Å². The number of ether oxygens (including phenoxy) is 2. The minimum atomic E-state index is -3.06. The van der Waals surface area contributed by atoms with Crippen LogP contribution in [0.4, 0.5) is 19.0 Å². The topological polar surface area (TPSA) is 139 Å². The molecule has 0 saturated carbocycles.